The minimum atomic E-state index is -1.92. The molecule has 1 aromatic rings. The maximum absolute atomic E-state index is 14.7. The molecule has 0 N–H and O–H groups in total. The van der Waals surface area contributed by atoms with Crippen LogP contribution < -0.4 is 0 Å². The molecule has 1 aliphatic heterocycles. The molecule has 0 saturated heterocycles. The van der Waals surface area contributed by atoms with Crippen LogP contribution in [0.15, 0.2) is 65.8 Å². The van der Waals surface area contributed by atoms with Crippen LogP contribution >= 0.6 is 11.6 Å². The smallest absolute Gasteiger partial charge is 0.320 e. The average molecular weight is 347 g/mol. The first kappa shape index (κ1) is 16.8. The van der Waals surface area contributed by atoms with Crippen molar-refractivity contribution < 1.29 is 9.18 Å². The van der Waals surface area contributed by atoms with Crippen molar-refractivity contribution in [3.63, 3.8) is 0 Å². The Kier molecular flexibility index (Phi) is 4.50. The average Bonchev–Trinajstić information content (AvgIpc) is 2.99. The lowest BCUT2D eigenvalue weighted by atomic mass is 9.94. The summed E-state index contributed by atoms with van der Waals surface area (Å²) in [6.45, 7) is 0.342. The molecule has 0 fully saturated rings. The number of allylic oxidation sites excluding steroid dienone is 3. The molecule has 2 aliphatic rings. The Morgan fingerprint density at radius 3 is 2.67 bits per heavy atom. The fourth-order valence-corrected chi connectivity index (χ4v) is 3.39. The Bertz CT molecular complexity index is 722. The van der Waals surface area contributed by atoms with Gasteiger partial charge in [0.25, 0.3) is 0 Å². The molecule has 2 amide bonds. The zero-order valence-corrected chi connectivity index (χ0v) is 14.5. The number of carbonyl (C=O) groups is 1. The summed E-state index contributed by atoms with van der Waals surface area (Å²) in [6, 6.07) is 9.40. The standard InChI is InChI=1S/C19H20ClFN2O/c1-22(2)18(24)23-13-15(16-10-6-7-11-19(16,20)21)12-17(23)14-8-4-3-5-9-14/h3-10,12,17H,11,13H2,1-2H3. The summed E-state index contributed by atoms with van der Waals surface area (Å²) >= 11 is 6.06. The van der Waals surface area contributed by atoms with Crippen molar-refractivity contribution in [1.29, 1.82) is 0 Å². The van der Waals surface area contributed by atoms with Gasteiger partial charge in [-0.15, -0.1) is 0 Å². The molecular formula is C19H20ClFN2O. The molecule has 1 aromatic carbocycles. The van der Waals surface area contributed by atoms with Crippen LogP contribution in [0.2, 0.25) is 0 Å². The summed E-state index contributed by atoms with van der Waals surface area (Å²) in [5.74, 6) is 0. The monoisotopic (exact) mass is 346 g/mol. The lowest BCUT2D eigenvalue weighted by molar-refractivity contribution is 0.169. The van der Waals surface area contributed by atoms with Crippen molar-refractivity contribution >= 4 is 17.6 Å². The molecule has 0 bridgehead atoms. The van der Waals surface area contributed by atoms with Crippen molar-refractivity contribution in [2.24, 2.45) is 0 Å². The van der Waals surface area contributed by atoms with Crippen molar-refractivity contribution in [2.45, 2.75) is 17.6 Å². The van der Waals surface area contributed by atoms with Gasteiger partial charge in [0.15, 0.2) is 0 Å². The number of carbonyl (C=O) groups excluding carboxylic acids is 1. The highest BCUT2D eigenvalue weighted by atomic mass is 35.5. The Morgan fingerprint density at radius 2 is 2.04 bits per heavy atom. The third-order valence-electron chi connectivity index (χ3n) is 4.32. The van der Waals surface area contributed by atoms with Crippen LogP contribution in [0, 0.1) is 0 Å². The number of nitrogens with zero attached hydrogens (tertiary/aromatic N) is 2. The summed E-state index contributed by atoms with van der Waals surface area (Å²) in [6.07, 6.45) is 7.30. The molecule has 5 heteroatoms. The number of alkyl halides is 2. The van der Waals surface area contributed by atoms with Crippen molar-refractivity contribution in [3.05, 3.63) is 71.3 Å². The summed E-state index contributed by atoms with van der Waals surface area (Å²) < 4.78 is 14.7. The van der Waals surface area contributed by atoms with Crippen molar-refractivity contribution in [1.82, 2.24) is 9.80 Å². The van der Waals surface area contributed by atoms with Crippen LogP contribution in [0.4, 0.5) is 9.18 Å². The molecule has 0 radical (unpaired) electrons. The number of urea groups is 1. The normalized spacial score (nSPS) is 26.2. The molecule has 0 aromatic heterocycles. The summed E-state index contributed by atoms with van der Waals surface area (Å²) in [4.78, 5) is 15.8. The molecule has 126 valence electrons. The van der Waals surface area contributed by atoms with Gasteiger partial charge < -0.3 is 9.80 Å². The van der Waals surface area contributed by atoms with E-state index in [0.717, 1.165) is 11.1 Å². The Hall–Kier alpha value is -2.07. The highest BCUT2D eigenvalue weighted by Gasteiger charge is 2.39. The van der Waals surface area contributed by atoms with Gasteiger partial charge in [-0.05, 0) is 11.1 Å². The van der Waals surface area contributed by atoms with Crippen LogP contribution in [0.5, 0.6) is 0 Å². The first-order valence-corrected chi connectivity index (χ1v) is 8.27. The molecule has 2 atom stereocenters. The molecule has 1 aliphatic carbocycles. The van der Waals surface area contributed by atoms with Gasteiger partial charge in [-0.3, -0.25) is 0 Å². The van der Waals surface area contributed by atoms with Crippen LogP contribution in [0.25, 0.3) is 0 Å². The molecule has 3 rings (SSSR count). The highest BCUT2D eigenvalue weighted by molar-refractivity contribution is 6.25. The van der Waals surface area contributed by atoms with Gasteiger partial charge in [0.05, 0.1) is 6.04 Å². The molecule has 0 saturated carbocycles. The van der Waals surface area contributed by atoms with E-state index in [2.05, 4.69) is 0 Å². The van der Waals surface area contributed by atoms with E-state index in [-0.39, 0.29) is 18.5 Å². The molecule has 0 spiro atoms. The quantitative estimate of drug-likeness (QED) is 0.726. The Morgan fingerprint density at radius 1 is 1.33 bits per heavy atom. The Balaban J connectivity index is 1.99. The van der Waals surface area contributed by atoms with Crippen molar-refractivity contribution in [2.75, 3.05) is 20.6 Å². The van der Waals surface area contributed by atoms with E-state index in [1.165, 1.54) is 4.90 Å². The third-order valence-corrected chi connectivity index (χ3v) is 4.68. The number of rotatable bonds is 2. The van der Waals surface area contributed by atoms with E-state index in [0.29, 0.717) is 12.1 Å². The van der Waals surface area contributed by atoms with Gasteiger partial charge in [0, 0.05) is 32.6 Å². The third kappa shape index (κ3) is 3.11. The van der Waals surface area contributed by atoms with E-state index in [1.807, 2.05) is 42.5 Å². The molecule has 24 heavy (non-hydrogen) atoms. The second-order valence-corrected chi connectivity index (χ2v) is 6.87. The first-order valence-electron chi connectivity index (χ1n) is 7.89. The van der Waals surface area contributed by atoms with E-state index in [9.17, 15) is 9.18 Å². The van der Waals surface area contributed by atoms with Crippen LogP contribution in [-0.2, 0) is 0 Å². The SMILES string of the molecule is CN(C)C(=O)N1CC(C2=CC=CCC2(F)Cl)=CC1c1ccccc1. The number of halogens is 2. The number of hydrogen-bond acceptors (Lipinski definition) is 1. The zero-order chi connectivity index (χ0) is 17.3. The molecule has 1 heterocycles. The second kappa shape index (κ2) is 6.44. The van der Waals surface area contributed by atoms with Crippen LogP contribution in [0.1, 0.15) is 18.0 Å². The van der Waals surface area contributed by atoms with Crippen LogP contribution in [-0.4, -0.2) is 41.6 Å². The minimum absolute atomic E-state index is 0.110. The largest absolute Gasteiger partial charge is 0.331 e. The van der Waals surface area contributed by atoms with E-state index < -0.39 is 5.13 Å². The van der Waals surface area contributed by atoms with Gasteiger partial charge in [-0.1, -0.05) is 66.2 Å². The number of amides is 2. The maximum atomic E-state index is 14.7. The number of hydrogen-bond donors (Lipinski definition) is 0. The van der Waals surface area contributed by atoms with E-state index in [1.54, 1.807) is 31.1 Å². The molecule has 3 nitrogen and oxygen atoms in total. The van der Waals surface area contributed by atoms with Gasteiger partial charge in [-0.2, -0.15) is 0 Å². The van der Waals surface area contributed by atoms with Gasteiger partial charge >= 0.3 is 6.03 Å². The van der Waals surface area contributed by atoms with Crippen molar-refractivity contribution in [3.8, 4) is 0 Å². The van der Waals surface area contributed by atoms with Gasteiger partial charge in [0.1, 0.15) is 0 Å². The summed E-state index contributed by atoms with van der Waals surface area (Å²) in [5.41, 5.74) is 2.20. The van der Waals surface area contributed by atoms with Gasteiger partial charge in [-0.25, -0.2) is 9.18 Å². The van der Waals surface area contributed by atoms with E-state index >= 15 is 0 Å². The summed E-state index contributed by atoms with van der Waals surface area (Å²) in [5, 5.41) is -1.92. The van der Waals surface area contributed by atoms with E-state index in [4.69, 9.17) is 11.6 Å². The molecule has 2 unspecified atom stereocenters. The maximum Gasteiger partial charge on any atom is 0.320 e. The zero-order valence-electron chi connectivity index (χ0n) is 13.7. The fraction of sp³-hybridized carbons (Fsp3) is 0.316. The predicted molar refractivity (Wildman–Crippen MR) is 94.6 cm³/mol. The lowest BCUT2D eigenvalue weighted by Gasteiger charge is -2.29. The second-order valence-electron chi connectivity index (χ2n) is 6.27. The number of benzene rings is 1. The summed E-state index contributed by atoms with van der Waals surface area (Å²) in [7, 11) is 3.43. The predicted octanol–water partition coefficient (Wildman–Crippen LogP) is 4.44. The van der Waals surface area contributed by atoms with Crippen LogP contribution in [0.3, 0.4) is 0 Å². The fourth-order valence-electron chi connectivity index (χ4n) is 3.11. The lowest BCUT2D eigenvalue weighted by Crippen LogP contribution is -2.39. The van der Waals surface area contributed by atoms with Gasteiger partial charge in [0.2, 0.25) is 5.13 Å². The first-order chi connectivity index (χ1) is 11.4. The molecular weight excluding hydrogens is 327 g/mol. The minimum Gasteiger partial charge on any atom is -0.331 e. The Labute approximate surface area is 146 Å². The highest BCUT2D eigenvalue weighted by Crippen LogP contribution is 2.42. The topological polar surface area (TPSA) is 23.6 Å².